The molecule has 1 aromatic rings. The Hall–Kier alpha value is -1.32. The lowest BCUT2D eigenvalue weighted by molar-refractivity contribution is -0.150. The molecule has 0 saturated heterocycles. The highest BCUT2D eigenvalue weighted by Crippen LogP contribution is 2.43. The van der Waals surface area contributed by atoms with Gasteiger partial charge in [-0.2, -0.15) is 0 Å². The molecule has 5 nitrogen and oxygen atoms in total. The SMILES string of the molecule is COC(=O)[C@H](O)Cc1ccc(O[Si](C)(C)C(C)(C)C)c(O[Si](C)(C)C(C)(C)C)c1. The third-order valence-corrected chi connectivity index (χ3v) is 14.9. The molecule has 0 amide bonds. The summed E-state index contributed by atoms with van der Waals surface area (Å²) >= 11 is 0. The van der Waals surface area contributed by atoms with Crippen molar-refractivity contribution >= 4 is 22.6 Å². The summed E-state index contributed by atoms with van der Waals surface area (Å²) in [5.41, 5.74) is 0.805. The first-order valence-corrected chi connectivity index (χ1v) is 16.0. The van der Waals surface area contributed by atoms with E-state index >= 15 is 0 Å². The highest BCUT2D eigenvalue weighted by molar-refractivity contribution is 6.75. The van der Waals surface area contributed by atoms with Crippen molar-refractivity contribution in [2.45, 2.75) is 90.3 Å². The van der Waals surface area contributed by atoms with Crippen molar-refractivity contribution in [1.82, 2.24) is 0 Å². The summed E-state index contributed by atoms with van der Waals surface area (Å²) in [6.45, 7) is 22.0. The average Bonchev–Trinajstić information content (AvgIpc) is 2.53. The molecule has 1 N–H and O–H groups in total. The van der Waals surface area contributed by atoms with Crippen LogP contribution in [0.15, 0.2) is 18.2 Å². The molecule has 0 aliphatic heterocycles. The molecule has 0 aliphatic rings. The van der Waals surface area contributed by atoms with Gasteiger partial charge in [0.15, 0.2) is 6.10 Å². The van der Waals surface area contributed by atoms with E-state index in [-0.39, 0.29) is 16.5 Å². The first kappa shape index (κ1) is 25.7. The summed E-state index contributed by atoms with van der Waals surface area (Å²) in [4.78, 5) is 11.6. The van der Waals surface area contributed by atoms with Crippen LogP contribution < -0.4 is 8.85 Å². The van der Waals surface area contributed by atoms with Crippen LogP contribution in [0, 0.1) is 0 Å². The summed E-state index contributed by atoms with van der Waals surface area (Å²) in [6, 6.07) is 5.69. The van der Waals surface area contributed by atoms with Gasteiger partial charge in [0.2, 0.25) is 0 Å². The van der Waals surface area contributed by atoms with Crippen molar-refractivity contribution in [3.8, 4) is 11.5 Å². The topological polar surface area (TPSA) is 65.0 Å². The predicted octanol–water partition coefficient (Wildman–Crippen LogP) is 5.53. The van der Waals surface area contributed by atoms with Crippen molar-refractivity contribution in [2.75, 3.05) is 7.11 Å². The summed E-state index contributed by atoms with van der Waals surface area (Å²) in [6.07, 6.45) is -1.03. The zero-order valence-corrected chi connectivity index (χ0v) is 22.1. The van der Waals surface area contributed by atoms with Crippen molar-refractivity contribution in [3.63, 3.8) is 0 Å². The van der Waals surface area contributed by atoms with E-state index in [9.17, 15) is 9.90 Å². The summed E-state index contributed by atoms with van der Waals surface area (Å²) < 4.78 is 17.8. The van der Waals surface area contributed by atoms with Gasteiger partial charge in [0.05, 0.1) is 7.11 Å². The van der Waals surface area contributed by atoms with E-state index in [0.717, 1.165) is 11.3 Å². The summed E-state index contributed by atoms with van der Waals surface area (Å²) in [7, 11) is -2.90. The van der Waals surface area contributed by atoms with Crippen LogP contribution in [0.25, 0.3) is 0 Å². The normalized spacial score (nSPS) is 14.3. The van der Waals surface area contributed by atoms with Crippen LogP contribution in [0.3, 0.4) is 0 Å². The van der Waals surface area contributed by atoms with Gasteiger partial charge >= 0.3 is 5.97 Å². The van der Waals surface area contributed by atoms with E-state index in [1.54, 1.807) is 0 Å². The second-order valence-electron chi connectivity index (χ2n) is 10.7. The maximum absolute atomic E-state index is 11.6. The van der Waals surface area contributed by atoms with Gasteiger partial charge in [-0.05, 0) is 54.0 Å². The number of aliphatic hydroxyl groups is 1. The second kappa shape index (κ2) is 8.82. The number of hydrogen-bond acceptors (Lipinski definition) is 5. The van der Waals surface area contributed by atoms with E-state index in [4.69, 9.17) is 8.85 Å². The van der Waals surface area contributed by atoms with Crippen LogP contribution in [-0.4, -0.2) is 40.9 Å². The number of rotatable bonds is 7. The van der Waals surface area contributed by atoms with Crippen LogP contribution >= 0.6 is 0 Å². The fourth-order valence-electron chi connectivity index (χ4n) is 2.14. The van der Waals surface area contributed by atoms with E-state index in [2.05, 4.69) is 72.5 Å². The standard InChI is InChI=1S/C22H40O5Si2/c1-21(2,3)28(8,9)26-18-13-12-16(14-17(23)20(24)25-7)15-19(18)27-29(10,11)22(4,5)6/h12-13,15,17,23H,14H2,1-11H3/t17-/m1/s1. The second-order valence-corrected chi connectivity index (χ2v) is 20.2. The van der Waals surface area contributed by atoms with Crippen LogP contribution in [0.2, 0.25) is 36.3 Å². The molecule has 29 heavy (non-hydrogen) atoms. The maximum Gasteiger partial charge on any atom is 0.335 e. The molecule has 0 bridgehead atoms. The van der Waals surface area contributed by atoms with Crippen LogP contribution in [-0.2, 0) is 16.0 Å². The van der Waals surface area contributed by atoms with E-state index in [1.165, 1.54) is 7.11 Å². The molecule has 0 fully saturated rings. The molecule has 0 heterocycles. The molecule has 1 aromatic carbocycles. The quantitative estimate of drug-likeness (QED) is 0.446. The number of ether oxygens (including phenoxy) is 1. The Morgan fingerprint density at radius 2 is 1.38 bits per heavy atom. The monoisotopic (exact) mass is 440 g/mol. The summed E-state index contributed by atoms with van der Waals surface area (Å²) in [5, 5.41) is 10.1. The smallest absolute Gasteiger partial charge is 0.335 e. The van der Waals surface area contributed by atoms with Gasteiger partial charge in [-0.25, -0.2) is 4.79 Å². The van der Waals surface area contributed by atoms with E-state index in [1.807, 2.05) is 18.2 Å². The number of benzene rings is 1. The van der Waals surface area contributed by atoms with Gasteiger partial charge in [0, 0.05) is 6.42 Å². The van der Waals surface area contributed by atoms with Crippen molar-refractivity contribution in [3.05, 3.63) is 23.8 Å². The van der Waals surface area contributed by atoms with Gasteiger partial charge in [-0.15, -0.1) is 0 Å². The number of aliphatic hydroxyl groups excluding tert-OH is 1. The number of hydrogen-bond donors (Lipinski definition) is 1. The number of esters is 1. The first-order chi connectivity index (χ1) is 12.9. The minimum Gasteiger partial charge on any atom is -0.541 e. The molecule has 1 atom stereocenters. The third kappa shape index (κ3) is 6.59. The molecular formula is C22H40O5Si2. The van der Waals surface area contributed by atoms with Gasteiger partial charge in [0.25, 0.3) is 16.6 Å². The number of carbonyl (C=O) groups is 1. The first-order valence-electron chi connectivity index (χ1n) is 10.2. The summed E-state index contributed by atoms with van der Waals surface area (Å²) in [5.74, 6) is 0.784. The zero-order chi connectivity index (χ0) is 22.8. The fraction of sp³-hybridized carbons (Fsp3) is 0.682. The molecular weight excluding hydrogens is 400 g/mol. The lowest BCUT2D eigenvalue weighted by Gasteiger charge is -2.39. The van der Waals surface area contributed by atoms with Crippen LogP contribution in [0.1, 0.15) is 47.1 Å². The number of carbonyl (C=O) groups excluding carboxylic acids is 1. The minimum absolute atomic E-state index is 0.0305. The minimum atomic E-state index is -2.11. The van der Waals surface area contributed by atoms with E-state index < -0.39 is 28.7 Å². The molecule has 0 spiro atoms. The van der Waals surface area contributed by atoms with Gasteiger partial charge in [-0.3, -0.25) is 0 Å². The molecule has 1 rings (SSSR count). The maximum atomic E-state index is 11.6. The lowest BCUT2D eigenvalue weighted by Crippen LogP contribution is -2.45. The number of methoxy groups -OCH3 is 1. The van der Waals surface area contributed by atoms with Gasteiger partial charge in [-0.1, -0.05) is 47.6 Å². The Bertz CT molecular complexity index is 715. The van der Waals surface area contributed by atoms with Crippen molar-refractivity contribution < 1.29 is 23.5 Å². The molecule has 0 aromatic heterocycles. The highest BCUT2D eigenvalue weighted by Gasteiger charge is 2.42. The fourth-order valence-corrected chi connectivity index (χ4v) is 4.18. The highest BCUT2D eigenvalue weighted by atomic mass is 28.4. The zero-order valence-electron chi connectivity index (χ0n) is 20.1. The molecule has 0 aliphatic carbocycles. The Kier molecular flexibility index (Phi) is 7.82. The Morgan fingerprint density at radius 1 is 0.931 bits per heavy atom. The molecule has 166 valence electrons. The third-order valence-electron chi connectivity index (χ3n) is 6.25. The van der Waals surface area contributed by atoms with Gasteiger partial charge in [0.1, 0.15) is 11.5 Å². The Balaban J connectivity index is 3.36. The van der Waals surface area contributed by atoms with Gasteiger partial charge < -0.3 is 18.7 Å². The van der Waals surface area contributed by atoms with Crippen molar-refractivity contribution in [2.24, 2.45) is 0 Å². The molecule has 0 unspecified atom stereocenters. The lowest BCUT2D eigenvalue weighted by atomic mass is 10.1. The molecule has 7 heteroatoms. The average molecular weight is 441 g/mol. The van der Waals surface area contributed by atoms with Crippen LogP contribution in [0.4, 0.5) is 0 Å². The molecule has 0 radical (unpaired) electrons. The predicted molar refractivity (Wildman–Crippen MR) is 124 cm³/mol. The Labute approximate surface area is 179 Å². The largest absolute Gasteiger partial charge is 0.541 e. The Morgan fingerprint density at radius 3 is 1.79 bits per heavy atom. The van der Waals surface area contributed by atoms with Crippen LogP contribution in [0.5, 0.6) is 11.5 Å². The van der Waals surface area contributed by atoms with Crippen molar-refractivity contribution in [1.29, 1.82) is 0 Å². The van der Waals surface area contributed by atoms with E-state index in [0.29, 0.717) is 5.75 Å². The molecule has 0 saturated carbocycles.